The van der Waals surface area contributed by atoms with E-state index in [4.69, 9.17) is 0 Å². The molecular weight excluding hydrogens is 360 g/mol. The number of aliphatic hydroxyl groups excluding tert-OH is 1. The topological polar surface area (TPSA) is 60.1 Å². The summed E-state index contributed by atoms with van der Waals surface area (Å²) in [7, 11) is 0. The predicted molar refractivity (Wildman–Crippen MR) is 109 cm³/mol. The number of H-pyrrole nitrogens is 1. The maximum absolute atomic E-state index is 15.8. The number of hydrogen-bond donors (Lipinski definition) is 4. The van der Waals surface area contributed by atoms with Gasteiger partial charge in [0.15, 0.2) is 0 Å². The van der Waals surface area contributed by atoms with Crippen LogP contribution in [0, 0.1) is 18.6 Å². The number of rotatable bonds is 3. The number of benzene rings is 2. The van der Waals surface area contributed by atoms with E-state index in [1.54, 1.807) is 12.1 Å². The highest BCUT2D eigenvalue weighted by molar-refractivity contribution is 5.96. The number of aromatic amines is 1. The zero-order valence-electron chi connectivity index (χ0n) is 16.5. The molecule has 2 heterocycles. The monoisotopic (exact) mass is 385 g/mol. The van der Waals surface area contributed by atoms with Crippen LogP contribution in [-0.2, 0) is 0 Å². The minimum absolute atomic E-state index is 0.0807. The van der Waals surface area contributed by atoms with Gasteiger partial charge in [0.25, 0.3) is 0 Å². The number of aryl methyl sites for hydroxylation is 1. The molecular formula is C22H25F2N3O. The van der Waals surface area contributed by atoms with Gasteiger partial charge in [-0.1, -0.05) is 25.1 Å². The molecule has 148 valence electrons. The Bertz CT molecular complexity index is 1060. The number of likely N-dealkylation sites (N-methyl/N-ethyl adjacent to an activating group) is 1. The summed E-state index contributed by atoms with van der Waals surface area (Å²) in [6.07, 6.45) is 0.953. The van der Waals surface area contributed by atoms with Crippen molar-refractivity contribution >= 4 is 16.6 Å². The van der Waals surface area contributed by atoms with E-state index >= 15 is 8.78 Å². The quantitative estimate of drug-likeness (QED) is 0.531. The Hall–Kier alpha value is -2.44. The number of halogens is 2. The SMILES string of the molecule is CCN[C@H]1c2c(cc(F)c(-c3cccc4c(C)c[nH]c34)c2F)NC(C)(C)[C@@H]1O. The molecule has 0 saturated heterocycles. The third-order valence-corrected chi connectivity index (χ3v) is 5.69. The number of aromatic nitrogens is 1. The van der Waals surface area contributed by atoms with Crippen LogP contribution in [0.1, 0.15) is 37.9 Å². The Morgan fingerprint density at radius 2 is 2.00 bits per heavy atom. The van der Waals surface area contributed by atoms with Crippen molar-refractivity contribution in [1.82, 2.24) is 10.3 Å². The van der Waals surface area contributed by atoms with Crippen molar-refractivity contribution in [3.63, 3.8) is 0 Å². The lowest BCUT2D eigenvalue weighted by Crippen LogP contribution is -2.54. The Kier molecular flexibility index (Phi) is 4.43. The first-order valence-corrected chi connectivity index (χ1v) is 9.54. The molecule has 1 aromatic heterocycles. The van der Waals surface area contributed by atoms with Gasteiger partial charge in [0, 0.05) is 28.4 Å². The van der Waals surface area contributed by atoms with Crippen LogP contribution in [0.3, 0.4) is 0 Å². The van der Waals surface area contributed by atoms with E-state index in [2.05, 4.69) is 15.6 Å². The van der Waals surface area contributed by atoms with E-state index in [0.717, 1.165) is 10.9 Å². The van der Waals surface area contributed by atoms with Crippen molar-refractivity contribution in [2.45, 2.75) is 45.4 Å². The van der Waals surface area contributed by atoms with Gasteiger partial charge < -0.3 is 20.7 Å². The van der Waals surface area contributed by atoms with Crippen molar-refractivity contribution in [1.29, 1.82) is 0 Å². The van der Waals surface area contributed by atoms with E-state index < -0.39 is 29.3 Å². The molecule has 0 aliphatic carbocycles. The Labute approximate surface area is 163 Å². The first-order chi connectivity index (χ1) is 13.3. The molecule has 4 N–H and O–H groups in total. The highest BCUT2D eigenvalue weighted by Crippen LogP contribution is 2.44. The molecule has 0 unspecified atom stereocenters. The number of aliphatic hydroxyl groups is 1. The highest BCUT2D eigenvalue weighted by atomic mass is 19.1. The normalized spacial score (nSPS) is 20.8. The molecule has 0 amide bonds. The van der Waals surface area contributed by atoms with Crippen LogP contribution < -0.4 is 10.6 Å². The Morgan fingerprint density at radius 3 is 2.71 bits per heavy atom. The molecule has 28 heavy (non-hydrogen) atoms. The fraction of sp³-hybridized carbons (Fsp3) is 0.364. The Morgan fingerprint density at radius 1 is 1.25 bits per heavy atom. The molecule has 0 bridgehead atoms. The summed E-state index contributed by atoms with van der Waals surface area (Å²) in [6, 6.07) is 6.13. The number of para-hydroxylation sites is 1. The molecule has 0 radical (unpaired) electrons. The third kappa shape index (κ3) is 2.71. The molecule has 4 nitrogen and oxygen atoms in total. The molecule has 1 aliphatic heterocycles. The second-order valence-electron chi connectivity index (χ2n) is 8.04. The molecule has 6 heteroatoms. The minimum atomic E-state index is -0.878. The number of anilines is 1. The van der Waals surface area contributed by atoms with Crippen molar-refractivity contribution < 1.29 is 13.9 Å². The fourth-order valence-electron chi connectivity index (χ4n) is 4.22. The van der Waals surface area contributed by atoms with Crippen LogP contribution in [0.15, 0.2) is 30.5 Å². The molecule has 2 aromatic carbocycles. The maximum atomic E-state index is 15.8. The van der Waals surface area contributed by atoms with E-state index in [0.29, 0.717) is 23.3 Å². The summed E-state index contributed by atoms with van der Waals surface area (Å²) >= 11 is 0. The Balaban J connectivity index is 1.99. The first kappa shape index (κ1) is 18.9. The number of fused-ring (bicyclic) bond motifs is 2. The molecule has 0 spiro atoms. The number of hydrogen-bond acceptors (Lipinski definition) is 3. The number of nitrogens with one attached hydrogen (secondary N) is 3. The summed E-state index contributed by atoms with van der Waals surface area (Å²) < 4.78 is 30.9. The smallest absolute Gasteiger partial charge is 0.140 e. The van der Waals surface area contributed by atoms with E-state index in [1.807, 2.05) is 40.0 Å². The van der Waals surface area contributed by atoms with E-state index in [-0.39, 0.29) is 11.1 Å². The van der Waals surface area contributed by atoms with E-state index in [9.17, 15) is 5.11 Å². The van der Waals surface area contributed by atoms with Crippen LogP contribution in [0.4, 0.5) is 14.5 Å². The molecule has 0 saturated carbocycles. The average Bonchev–Trinajstić information content (AvgIpc) is 3.01. The summed E-state index contributed by atoms with van der Waals surface area (Å²) in [5.41, 5.74) is 2.01. The first-order valence-electron chi connectivity index (χ1n) is 9.54. The molecule has 2 atom stereocenters. The van der Waals surface area contributed by atoms with Gasteiger partial charge in [-0.2, -0.15) is 0 Å². The fourth-order valence-corrected chi connectivity index (χ4v) is 4.22. The van der Waals surface area contributed by atoms with Gasteiger partial charge in [-0.05, 0) is 38.9 Å². The van der Waals surface area contributed by atoms with Crippen molar-refractivity contribution in [2.24, 2.45) is 0 Å². The largest absolute Gasteiger partial charge is 0.389 e. The van der Waals surface area contributed by atoms with Gasteiger partial charge in [0.05, 0.1) is 28.8 Å². The maximum Gasteiger partial charge on any atom is 0.140 e. The summed E-state index contributed by atoms with van der Waals surface area (Å²) in [5, 5.41) is 18.0. The van der Waals surface area contributed by atoms with Crippen molar-refractivity contribution in [3.05, 3.63) is 53.2 Å². The van der Waals surface area contributed by atoms with Gasteiger partial charge in [0.2, 0.25) is 0 Å². The second-order valence-corrected chi connectivity index (χ2v) is 8.04. The zero-order valence-corrected chi connectivity index (χ0v) is 16.5. The van der Waals surface area contributed by atoms with Crippen LogP contribution in [-0.4, -0.2) is 28.3 Å². The molecule has 1 aliphatic rings. The van der Waals surface area contributed by atoms with Gasteiger partial charge in [-0.3, -0.25) is 0 Å². The van der Waals surface area contributed by atoms with Gasteiger partial charge in [-0.25, -0.2) is 8.78 Å². The van der Waals surface area contributed by atoms with Gasteiger partial charge in [0.1, 0.15) is 11.6 Å². The van der Waals surface area contributed by atoms with Crippen LogP contribution >= 0.6 is 0 Å². The van der Waals surface area contributed by atoms with E-state index in [1.165, 1.54) is 6.07 Å². The average molecular weight is 385 g/mol. The van der Waals surface area contributed by atoms with Crippen molar-refractivity contribution in [2.75, 3.05) is 11.9 Å². The summed E-state index contributed by atoms with van der Waals surface area (Å²) in [5.74, 6) is -1.28. The third-order valence-electron chi connectivity index (χ3n) is 5.69. The lowest BCUT2D eigenvalue weighted by molar-refractivity contribution is 0.0677. The van der Waals surface area contributed by atoms with Crippen LogP contribution in [0.2, 0.25) is 0 Å². The molecule has 0 fully saturated rings. The highest BCUT2D eigenvalue weighted by Gasteiger charge is 2.43. The second kappa shape index (κ2) is 6.57. The van der Waals surface area contributed by atoms with Crippen LogP contribution in [0.5, 0.6) is 0 Å². The van der Waals surface area contributed by atoms with Crippen LogP contribution in [0.25, 0.3) is 22.0 Å². The summed E-state index contributed by atoms with van der Waals surface area (Å²) in [4.78, 5) is 3.13. The van der Waals surface area contributed by atoms with Crippen molar-refractivity contribution in [3.8, 4) is 11.1 Å². The lowest BCUT2D eigenvalue weighted by atomic mass is 9.81. The lowest BCUT2D eigenvalue weighted by Gasteiger charge is -2.44. The predicted octanol–water partition coefficient (Wildman–Crippen LogP) is 4.64. The van der Waals surface area contributed by atoms with Gasteiger partial charge in [-0.15, -0.1) is 0 Å². The summed E-state index contributed by atoms with van der Waals surface area (Å²) in [6.45, 7) is 8.03. The van der Waals surface area contributed by atoms with Gasteiger partial charge >= 0.3 is 0 Å². The molecule has 3 aromatic rings. The zero-order chi connectivity index (χ0) is 20.2. The molecule has 4 rings (SSSR count). The standard InChI is InChI=1S/C22H25F2N3O/c1-5-25-20-17-15(27-22(3,4)21(20)28)9-14(23)16(18(17)24)13-8-6-7-12-11(2)10-26-19(12)13/h6-10,20-21,25-28H,5H2,1-4H3/t20-,21+/m0/s1. The minimum Gasteiger partial charge on any atom is -0.389 e.